The maximum atomic E-state index is 12.7. The van der Waals surface area contributed by atoms with Gasteiger partial charge in [-0.2, -0.15) is 0 Å². The highest BCUT2D eigenvalue weighted by molar-refractivity contribution is 8.01. The van der Waals surface area contributed by atoms with Gasteiger partial charge in [-0.05, 0) is 63.3 Å². The average Bonchev–Trinajstić information content (AvgIpc) is 3.32. The molecular weight excluding hydrogens is 452 g/mol. The molecule has 2 heterocycles. The molecule has 3 aromatic rings. The van der Waals surface area contributed by atoms with Crippen LogP contribution in [0.5, 0.6) is 5.75 Å². The number of fused-ring (bicyclic) bond motifs is 2. The molecule has 31 heavy (non-hydrogen) atoms. The third-order valence-electron chi connectivity index (χ3n) is 4.88. The first-order valence-corrected chi connectivity index (χ1v) is 13.0. The molecule has 0 unspecified atom stereocenters. The summed E-state index contributed by atoms with van der Waals surface area (Å²) in [6, 6.07) is 5.81. The van der Waals surface area contributed by atoms with Crippen molar-refractivity contribution in [1.82, 2.24) is 4.98 Å². The van der Waals surface area contributed by atoms with Gasteiger partial charge in [0, 0.05) is 4.88 Å². The Morgan fingerprint density at radius 3 is 2.81 bits per heavy atom. The van der Waals surface area contributed by atoms with Crippen LogP contribution in [0.1, 0.15) is 47.5 Å². The molecule has 164 valence electrons. The smallest absolute Gasteiger partial charge is 0.341 e. The summed E-state index contributed by atoms with van der Waals surface area (Å²) < 4.78 is 12.7. The van der Waals surface area contributed by atoms with Crippen molar-refractivity contribution in [1.29, 1.82) is 0 Å². The van der Waals surface area contributed by atoms with E-state index in [0.717, 1.165) is 51.6 Å². The molecule has 1 aliphatic carbocycles. The highest BCUT2D eigenvalue weighted by Crippen LogP contribution is 2.39. The zero-order chi connectivity index (χ0) is 21.8. The third-order valence-corrected chi connectivity index (χ3v) is 8.25. The predicted molar refractivity (Wildman–Crippen MR) is 127 cm³/mol. The van der Waals surface area contributed by atoms with Crippen molar-refractivity contribution in [3.8, 4) is 5.75 Å². The van der Waals surface area contributed by atoms with Crippen LogP contribution >= 0.6 is 34.4 Å². The quantitative estimate of drug-likeness (QED) is 0.340. The molecular formula is C22H24N2O4S3. The van der Waals surface area contributed by atoms with Gasteiger partial charge in [-0.15, -0.1) is 22.7 Å². The number of aryl methyl sites for hydroxylation is 1. The number of carbonyl (C=O) groups is 2. The number of carbonyl (C=O) groups excluding carboxylic acids is 2. The standard InChI is InChI=1S/C22H24N2O4S3/c1-3-27-13-9-10-15-17(11-13)31-22(23-15)29-12-18(25)24-20-19(21(26)28-4-2)14-7-5-6-8-16(14)30-20/h9-11H,3-8,12H2,1-2H3,(H,24,25). The first-order valence-electron chi connectivity index (χ1n) is 10.4. The summed E-state index contributed by atoms with van der Waals surface area (Å²) >= 11 is 4.44. The number of amides is 1. The van der Waals surface area contributed by atoms with E-state index in [1.807, 2.05) is 25.1 Å². The van der Waals surface area contributed by atoms with Gasteiger partial charge < -0.3 is 14.8 Å². The van der Waals surface area contributed by atoms with E-state index >= 15 is 0 Å². The summed E-state index contributed by atoms with van der Waals surface area (Å²) in [5.74, 6) is 0.550. The van der Waals surface area contributed by atoms with Crippen molar-refractivity contribution in [2.45, 2.75) is 43.9 Å². The van der Waals surface area contributed by atoms with Gasteiger partial charge >= 0.3 is 5.97 Å². The third kappa shape index (κ3) is 5.05. The van der Waals surface area contributed by atoms with E-state index in [-0.39, 0.29) is 17.6 Å². The predicted octanol–water partition coefficient (Wildman–Crippen LogP) is 5.54. The summed E-state index contributed by atoms with van der Waals surface area (Å²) in [7, 11) is 0. The SMILES string of the molecule is CCOC(=O)c1c(NC(=O)CSc2nc3ccc(OCC)cc3s2)sc2c1CCCC2. The van der Waals surface area contributed by atoms with Crippen molar-refractivity contribution >= 4 is 61.5 Å². The van der Waals surface area contributed by atoms with Gasteiger partial charge in [0.15, 0.2) is 4.34 Å². The number of benzene rings is 1. The maximum Gasteiger partial charge on any atom is 0.341 e. The van der Waals surface area contributed by atoms with Crippen molar-refractivity contribution in [2.24, 2.45) is 0 Å². The molecule has 1 aliphatic rings. The van der Waals surface area contributed by atoms with Crippen molar-refractivity contribution in [2.75, 3.05) is 24.3 Å². The molecule has 0 saturated carbocycles. The second-order valence-electron chi connectivity index (χ2n) is 7.01. The normalized spacial score (nSPS) is 13.1. The number of nitrogens with one attached hydrogen (secondary N) is 1. The Labute approximate surface area is 193 Å². The second kappa shape index (κ2) is 10.0. The number of ether oxygens (including phenoxy) is 2. The van der Waals surface area contributed by atoms with Crippen molar-refractivity contribution in [3.05, 3.63) is 34.2 Å². The summed E-state index contributed by atoms with van der Waals surface area (Å²) in [6.07, 6.45) is 3.98. The molecule has 9 heteroatoms. The molecule has 0 radical (unpaired) electrons. The van der Waals surface area contributed by atoms with Crippen LogP contribution in [0.15, 0.2) is 22.5 Å². The molecule has 0 aliphatic heterocycles. The van der Waals surface area contributed by atoms with Gasteiger partial charge in [-0.3, -0.25) is 4.79 Å². The minimum atomic E-state index is -0.346. The Kier molecular flexibility index (Phi) is 7.14. The molecule has 0 fully saturated rings. The fourth-order valence-electron chi connectivity index (χ4n) is 3.57. The summed E-state index contributed by atoms with van der Waals surface area (Å²) in [6.45, 7) is 4.68. The molecule has 1 amide bonds. The number of hydrogen-bond acceptors (Lipinski definition) is 8. The Balaban J connectivity index is 1.45. The number of anilines is 1. The van der Waals surface area contributed by atoms with E-state index in [1.165, 1.54) is 28.0 Å². The lowest BCUT2D eigenvalue weighted by Gasteiger charge is -2.12. The molecule has 6 nitrogen and oxygen atoms in total. The largest absolute Gasteiger partial charge is 0.494 e. The molecule has 0 saturated heterocycles. The van der Waals surface area contributed by atoms with Gasteiger partial charge in [0.05, 0.1) is 34.7 Å². The monoisotopic (exact) mass is 476 g/mol. The zero-order valence-corrected chi connectivity index (χ0v) is 19.9. The minimum absolute atomic E-state index is 0.150. The summed E-state index contributed by atoms with van der Waals surface area (Å²) in [5, 5.41) is 3.56. The van der Waals surface area contributed by atoms with Crippen LogP contribution in [0.4, 0.5) is 5.00 Å². The molecule has 4 rings (SSSR count). The van der Waals surface area contributed by atoms with E-state index in [9.17, 15) is 9.59 Å². The first-order chi connectivity index (χ1) is 15.1. The van der Waals surface area contributed by atoms with Crippen LogP contribution in [0.25, 0.3) is 10.2 Å². The molecule has 1 N–H and O–H groups in total. The number of aromatic nitrogens is 1. The van der Waals surface area contributed by atoms with Gasteiger partial charge in [0.2, 0.25) is 5.91 Å². The number of esters is 1. The summed E-state index contributed by atoms with van der Waals surface area (Å²) in [5.41, 5.74) is 2.49. The Morgan fingerprint density at radius 1 is 1.16 bits per heavy atom. The van der Waals surface area contributed by atoms with Crippen LogP contribution in [-0.4, -0.2) is 35.8 Å². The molecule has 0 spiro atoms. The Morgan fingerprint density at radius 2 is 2.00 bits per heavy atom. The number of thiazole rings is 1. The fourth-order valence-corrected chi connectivity index (χ4v) is 6.76. The van der Waals surface area contributed by atoms with Gasteiger partial charge in [0.25, 0.3) is 0 Å². The van der Waals surface area contributed by atoms with Crippen LogP contribution in [0.2, 0.25) is 0 Å². The van der Waals surface area contributed by atoms with Crippen LogP contribution in [0.3, 0.4) is 0 Å². The minimum Gasteiger partial charge on any atom is -0.494 e. The zero-order valence-electron chi connectivity index (χ0n) is 17.5. The Bertz CT molecular complexity index is 1110. The van der Waals surface area contributed by atoms with E-state index in [1.54, 1.807) is 18.3 Å². The Hall–Kier alpha value is -2.10. The second-order valence-corrected chi connectivity index (χ2v) is 10.4. The van der Waals surface area contributed by atoms with Gasteiger partial charge in [0.1, 0.15) is 10.8 Å². The lowest BCUT2D eigenvalue weighted by molar-refractivity contribution is -0.113. The number of hydrogen-bond donors (Lipinski definition) is 1. The van der Waals surface area contributed by atoms with Crippen LogP contribution < -0.4 is 10.1 Å². The lowest BCUT2D eigenvalue weighted by atomic mass is 9.95. The molecule has 1 aromatic carbocycles. The highest BCUT2D eigenvalue weighted by Gasteiger charge is 2.27. The lowest BCUT2D eigenvalue weighted by Crippen LogP contribution is -2.17. The van der Waals surface area contributed by atoms with Crippen molar-refractivity contribution < 1.29 is 19.1 Å². The van der Waals surface area contributed by atoms with Crippen LogP contribution in [-0.2, 0) is 22.4 Å². The topological polar surface area (TPSA) is 77.5 Å². The van der Waals surface area contributed by atoms with E-state index < -0.39 is 0 Å². The van der Waals surface area contributed by atoms with E-state index in [4.69, 9.17) is 9.47 Å². The molecule has 0 atom stereocenters. The highest BCUT2D eigenvalue weighted by atomic mass is 32.2. The summed E-state index contributed by atoms with van der Waals surface area (Å²) in [4.78, 5) is 31.0. The number of nitrogens with zero attached hydrogens (tertiary/aromatic N) is 1. The average molecular weight is 477 g/mol. The van der Waals surface area contributed by atoms with E-state index in [2.05, 4.69) is 10.3 Å². The van der Waals surface area contributed by atoms with Crippen LogP contribution in [0, 0.1) is 0 Å². The van der Waals surface area contributed by atoms with E-state index in [0.29, 0.717) is 23.8 Å². The molecule has 0 bridgehead atoms. The van der Waals surface area contributed by atoms with Crippen molar-refractivity contribution in [3.63, 3.8) is 0 Å². The first kappa shape index (κ1) is 22.1. The fraction of sp³-hybridized carbons (Fsp3) is 0.409. The number of thiophene rings is 1. The van der Waals surface area contributed by atoms with Gasteiger partial charge in [-0.25, -0.2) is 9.78 Å². The maximum absolute atomic E-state index is 12.7. The van der Waals surface area contributed by atoms with Gasteiger partial charge in [-0.1, -0.05) is 11.8 Å². The molecule has 2 aromatic heterocycles. The number of rotatable bonds is 8. The number of thioether (sulfide) groups is 1.